The lowest BCUT2D eigenvalue weighted by Gasteiger charge is -2.35. The minimum atomic E-state index is 0.00127. The highest BCUT2D eigenvalue weighted by molar-refractivity contribution is 6.33. The van der Waals surface area contributed by atoms with Gasteiger partial charge in [0.1, 0.15) is 0 Å². The first-order valence-electron chi connectivity index (χ1n) is 8.59. The first-order valence-corrected chi connectivity index (χ1v) is 8.97. The number of nitrogens with zero attached hydrogens (tertiary/aromatic N) is 2. The maximum Gasteiger partial charge on any atom is 0.255 e. The lowest BCUT2D eigenvalue weighted by atomic mass is 10.1. The second kappa shape index (κ2) is 8.43. The van der Waals surface area contributed by atoms with Crippen LogP contribution in [0.2, 0.25) is 5.02 Å². The van der Waals surface area contributed by atoms with Crippen molar-refractivity contribution in [2.75, 3.05) is 40.4 Å². The van der Waals surface area contributed by atoms with Crippen LogP contribution in [-0.2, 0) is 6.54 Å². The van der Waals surface area contributed by atoms with E-state index < -0.39 is 0 Å². The molecular formula is C20H23ClN2O3. The summed E-state index contributed by atoms with van der Waals surface area (Å²) in [7, 11) is 3.27. The first kappa shape index (κ1) is 18.5. The number of halogens is 1. The van der Waals surface area contributed by atoms with Crippen LogP contribution >= 0.6 is 11.6 Å². The number of carbonyl (C=O) groups excluding carboxylic acids is 1. The summed E-state index contributed by atoms with van der Waals surface area (Å²) in [5, 5.41) is 0.505. The third-order valence-electron chi connectivity index (χ3n) is 4.62. The molecule has 26 heavy (non-hydrogen) atoms. The van der Waals surface area contributed by atoms with Crippen molar-refractivity contribution in [3.8, 4) is 11.5 Å². The molecule has 1 saturated heterocycles. The Morgan fingerprint density at radius 2 is 1.69 bits per heavy atom. The van der Waals surface area contributed by atoms with E-state index in [0.717, 1.165) is 36.7 Å². The number of amides is 1. The normalized spacial score (nSPS) is 15.0. The molecule has 0 saturated carbocycles. The number of methoxy groups -OCH3 is 2. The van der Waals surface area contributed by atoms with Gasteiger partial charge in [-0.15, -0.1) is 0 Å². The molecule has 1 amide bonds. The molecule has 0 N–H and O–H groups in total. The highest BCUT2D eigenvalue weighted by Gasteiger charge is 2.23. The van der Waals surface area contributed by atoms with Crippen LogP contribution in [0, 0.1) is 0 Å². The lowest BCUT2D eigenvalue weighted by molar-refractivity contribution is 0.0628. The van der Waals surface area contributed by atoms with Crippen LogP contribution in [0.25, 0.3) is 0 Å². The Bertz CT molecular complexity index is 773. The first-order chi connectivity index (χ1) is 12.6. The van der Waals surface area contributed by atoms with E-state index in [2.05, 4.69) is 4.90 Å². The fraction of sp³-hybridized carbons (Fsp3) is 0.350. The summed E-state index contributed by atoms with van der Waals surface area (Å²) in [5.74, 6) is 1.46. The zero-order valence-corrected chi connectivity index (χ0v) is 15.8. The molecule has 0 spiro atoms. The van der Waals surface area contributed by atoms with Gasteiger partial charge in [0.25, 0.3) is 5.91 Å². The lowest BCUT2D eigenvalue weighted by Crippen LogP contribution is -2.48. The second-order valence-electron chi connectivity index (χ2n) is 6.24. The maximum atomic E-state index is 12.6. The van der Waals surface area contributed by atoms with Crippen LogP contribution in [0.3, 0.4) is 0 Å². The Balaban J connectivity index is 1.59. The molecule has 6 heteroatoms. The van der Waals surface area contributed by atoms with Crippen LogP contribution in [0.15, 0.2) is 42.5 Å². The molecule has 1 heterocycles. The smallest absolute Gasteiger partial charge is 0.255 e. The molecule has 0 unspecified atom stereocenters. The summed E-state index contributed by atoms with van der Waals surface area (Å²) in [6, 6.07) is 13.2. The van der Waals surface area contributed by atoms with E-state index in [1.54, 1.807) is 26.4 Å². The number of hydrogen-bond acceptors (Lipinski definition) is 4. The number of piperazine rings is 1. The van der Waals surface area contributed by atoms with E-state index >= 15 is 0 Å². The Kier molecular flexibility index (Phi) is 6.01. The van der Waals surface area contributed by atoms with Crippen molar-refractivity contribution in [1.29, 1.82) is 0 Å². The minimum absolute atomic E-state index is 0.00127. The maximum absolute atomic E-state index is 12.6. The van der Waals surface area contributed by atoms with Gasteiger partial charge in [-0.3, -0.25) is 9.69 Å². The van der Waals surface area contributed by atoms with Crippen molar-refractivity contribution in [2.45, 2.75) is 6.54 Å². The van der Waals surface area contributed by atoms with Crippen molar-refractivity contribution in [2.24, 2.45) is 0 Å². The molecular weight excluding hydrogens is 352 g/mol. The molecule has 138 valence electrons. The Hall–Kier alpha value is -2.24. The van der Waals surface area contributed by atoms with Crippen molar-refractivity contribution >= 4 is 17.5 Å². The highest BCUT2D eigenvalue weighted by atomic mass is 35.5. The molecule has 0 radical (unpaired) electrons. The molecule has 5 nitrogen and oxygen atoms in total. The van der Waals surface area contributed by atoms with Crippen LogP contribution in [0.5, 0.6) is 11.5 Å². The van der Waals surface area contributed by atoms with Gasteiger partial charge in [-0.2, -0.15) is 0 Å². The van der Waals surface area contributed by atoms with E-state index in [9.17, 15) is 4.79 Å². The topological polar surface area (TPSA) is 42.0 Å². The molecule has 2 aromatic rings. The van der Waals surface area contributed by atoms with Crippen LogP contribution in [0.1, 0.15) is 15.9 Å². The van der Waals surface area contributed by atoms with E-state index in [4.69, 9.17) is 21.1 Å². The number of rotatable bonds is 5. The SMILES string of the molecule is COc1ccc(CN2CCN(C(=O)c3ccccc3Cl)CC2)cc1OC. The van der Waals surface area contributed by atoms with E-state index in [1.165, 1.54) is 0 Å². The predicted molar refractivity (Wildman–Crippen MR) is 102 cm³/mol. The summed E-state index contributed by atoms with van der Waals surface area (Å²) in [6.45, 7) is 3.85. The highest BCUT2D eigenvalue weighted by Crippen LogP contribution is 2.28. The Morgan fingerprint density at radius 1 is 1.00 bits per heavy atom. The average Bonchev–Trinajstić information content (AvgIpc) is 2.68. The summed E-state index contributed by atoms with van der Waals surface area (Å²) < 4.78 is 10.6. The van der Waals surface area contributed by atoms with Gasteiger partial charge < -0.3 is 14.4 Å². The fourth-order valence-electron chi connectivity index (χ4n) is 3.15. The van der Waals surface area contributed by atoms with Crippen LogP contribution < -0.4 is 9.47 Å². The van der Waals surface area contributed by atoms with Crippen molar-refractivity contribution in [3.05, 3.63) is 58.6 Å². The number of hydrogen-bond donors (Lipinski definition) is 0. The summed E-state index contributed by atoms with van der Waals surface area (Å²) in [6.07, 6.45) is 0. The molecule has 0 aromatic heterocycles. The minimum Gasteiger partial charge on any atom is -0.493 e. The van der Waals surface area contributed by atoms with Gasteiger partial charge in [0.05, 0.1) is 24.8 Å². The molecule has 0 atom stereocenters. The molecule has 1 aliphatic heterocycles. The standard InChI is InChI=1S/C20H23ClN2O3/c1-25-18-8-7-15(13-19(18)26-2)14-22-9-11-23(12-10-22)20(24)16-5-3-4-6-17(16)21/h3-8,13H,9-12,14H2,1-2H3. The van der Waals surface area contributed by atoms with Gasteiger partial charge in [0, 0.05) is 32.7 Å². The summed E-state index contributed by atoms with van der Waals surface area (Å²) in [4.78, 5) is 16.8. The van der Waals surface area contributed by atoms with Gasteiger partial charge in [-0.1, -0.05) is 29.8 Å². The summed E-state index contributed by atoms with van der Waals surface area (Å²) >= 11 is 6.15. The van der Waals surface area contributed by atoms with Crippen LogP contribution in [0.4, 0.5) is 0 Å². The van der Waals surface area contributed by atoms with Gasteiger partial charge in [0.2, 0.25) is 0 Å². The number of ether oxygens (including phenoxy) is 2. The monoisotopic (exact) mass is 374 g/mol. The molecule has 2 aromatic carbocycles. The van der Waals surface area contributed by atoms with Gasteiger partial charge in [0.15, 0.2) is 11.5 Å². The number of benzene rings is 2. The van der Waals surface area contributed by atoms with Crippen molar-refractivity contribution < 1.29 is 14.3 Å². The molecule has 1 fully saturated rings. The predicted octanol–water partition coefficient (Wildman–Crippen LogP) is 3.32. The average molecular weight is 375 g/mol. The van der Waals surface area contributed by atoms with Gasteiger partial charge >= 0.3 is 0 Å². The van der Waals surface area contributed by atoms with Gasteiger partial charge in [-0.05, 0) is 29.8 Å². The van der Waals surface area contributed by atoms with Gasteiger partial charge in [-0.25, -0.2) is 0 Å². The third kappa shape index (κ3) is 4.11. The number of carbonyl (C=O) groups is 1. The van der Waals surface area contributed by atoms with E-state index in [0.29, 0.717) is 23.7 Å². The second-order valence-corrected chi connectivity index (χ2v) is 6.64. The van der Waals surface area contributed by atoms with E-state index in [-0.39, 0.29) is 5.91 Å². The molecule has 0 aliphatic carbocycles. The third-order valence-corrected chi connectivity index (χ3v) is 4.95. The van der Waals surface area contributed by atoms with E-state index in [1.807, 2.05) is 35.2 Å². The summed E-state index contributed by atoms with van der Waals surface area (Å²) in [5.41, 5.74) is 1.73. The zero-order valence-electron chi connectivity index (χ0n) is 15.1. The Morgan fingerprint density at radius 3 is 2.35 bits per heavy atom. The quantitative estimate of drug-likeness (QED) is 0.805. The molecule has 3 rings (SSSR count). The zero-order chi connectivity index (χ0) is 18.5. The molecule has 0 bridgehead atoms. The largest absolute Gasteiger partial charge is 0.493 e. The molecule has 1 aliphatic rings. The van der Waals surface area contributed by atoms with Crippen molar-refractivity contribution in [3.63, 3.8) is 0 Å². The van der Waals surface area contributed by atoms with Crippen LogP contribution in [-0.4, -0.2) is 56.1 Å². The Labute approximate surface area is 159 Å². The fourth-order valence-corrected chi connectivity index (χ4v) is 3.37. The van der Waals surface area contributed by atoms with Crippen molar-refractivity contribution in [1.82, 2.24) is 9.80 Å².